The van der Waals surface area contributed by atoms with Crippen LogP contribution in [0.25, 0.3) is 0 Å². The summed E-state index contributed by atoms with van der Waals surface area (Å²) >= 11 is 0. The van der Waals surface area contributed by atoms with Gasteiger partial charge in [0.15, 0.2) is 23.9 Å². The van der Waals surface area contributed by atoms with E-state index in [0.29, 0.717) is 24.5 Å². The summed E-state index contributed by atoms with van der Waals surface area (Å²) < 4.78 is 39.9. The highest BCUT2D eigenvalue weighted by molar-refractivity contribution is 5.81. The molecule has 206 valence electrons. The average molecular weight is 526 g/mol. The van der Waals surface area contributed by atoms with E-state index in [1.807, 2.05) is 12.1 Å². The van der Waals surface area contributed by atoms with Gasteiger partial charge in [0.25, 0.3) is 5.91 Å². The highest BCUT2D eigenvalue weighted by Gasteiger charge is 2.50. The third kappa shape index (κ3) is 4.81. The van der Waals surface area contributed by atoms with Crippen LogP contribution in [0.5, 0.6) is 11.5 Å². The monoisotopic (exact) mass is 525 g/mol. The van der Waals surface area contributed by atoms with Crippen LogP contribution in [0.2, 0.25) is 0 Å². The molecular weight excluding hydrogens is 490 g/mol. The van der Waals surface area contributed by atoms with E-state index in [9.17, 15) is 20.1 Å². The van der Waals surface area contributed by atoms with Crippen molar-refractivity contribution in [1.82, 2.24) is 4.90 Å². The van der Waals surface area contributed by atoms with Crippen molar-refractivity contribution in [2.24, 2.45) is 0 Å². The molecule has 0 aliphatic carbocycles. The SMILES string of the molecule is CO[C@@H]1[C@@H](OC)[C@H](O[C@@H]2CC(O)[C@@H]3CCN(Cc4cc5c(cc43)OCO5)C(=O)[C@H]2O)O[C@H](CO)[C@H]1OC. The van der Waals surface area contributed by atoms with Gasteiger partial charge < -0.3 is 53.4 Å². The zero-order valence-electron chi connectivity index (χ0n) is 21.1. The van der Waals surface area contributed by atoms with E-state index >= 15 is 0 Å². The lowest BCUT2D eigenvalue weighted by molar-refractivity contribution is -0.327. The van der Waals surface area contributed by atoms with Crippen LogP contribution in [0.4, 0.5) is 0 Å². The van der Waals surface area contributed by atoms with Crippen molar-refractivity contribution >= 4 is 5.91 Å². The predicted molar refractivity (Wildman–Crippen MR) is 125 cm³/mol. The number of amides is 1. The van der Waals surface area contributed by atoms with Gasteiger partial charge in [-0.2, -0.15) is 0 Å². The Morgan fingerprint density at radius 1 is 1.03 bits per heavy atom. The number of rotatable bonds is 6. The molecule has 2 fully saturated rings. The zero-order chi connectivity index (χ0) is 26.3. The van der Waals surface area contributed by atoms with Gasteiger partial charge in [0.1, 0.15) is 24.4 Å². The molecule has 9 atom stereocenters. The molecule has 4 aliphatic heterocycles. The van der Waals surface area contributed by atoms with Crippen LogP contribution in [-0.4, -0.2) is 116 Å². The lowest BCUT2D eigenvalue weighted by Gasteiger charge is -2.45. The molecule has 1 amide bonds. The van der Waals surface area contributed by atoms with Crippen molar-refractivity contribution in [2.75, 3.05) is 41.3 Å². The van der Waals surface area contributed by atoms with Gasteiger partial charge in [-0.15, -0.1) is 0 Å². The Labute approximate surface area is 214 Å². The molecule has 12 nitrogen and oxygen atoms in total. The molecule has 1 aromatic rings. The number of hydrogen-bond acceptors (Lipinski definition) is 11. The molecule has 0 radical (unpaired) electrons. The normalized spacial score (nSPS) is 37.5. The minimum atomic E-state index is -1.56. The van der Waals surface area contributed by atoms with Crippen molar-refractivity contribution in [2.45, 2.75) is 74.3 Å². The Bertz CT molecular complexity index is 976. The fourth-order valence-corrected chi connectivity index (χ4v) is 5.92. The fourth-order valence-electron chi connectivity index (χ4n) is 5.92. The molecule has 0 spiro atoms. The molecule has 5 rings (SSSR count). The topological polar surface area (TPSA) is 146 Å². The quantitative estimate of drug-likeness (QED) is 0.442. The maximum Gasteiger partial charge on any atom is 0.254 e. The molecule has 1 aromatic carbocycles. The molecule has 12 heteroatoms. The molecule has 3 N–H and O–H groups in total. The van der Waals surface area contributed by atoms with E-state index in [2.05, 4.69) is 0 Å². The summed E-state index contributed by atoms with van der Waals surface area (Å²) in [7, 11) is 4.42. The van der Waals surface area contributed by atoms with E-state index in [-0.39, 0.29) is 32.3 Å². The summed E-state index contributed by atoms with van der Waals surface area (Å²) in [5.74, 6) is 0.372. The van der Waals surface area contributed by atoms with E-state index in [1.54, 1.807) is 4.90 Å². The van der Waals surface area contributed by atoms with Gasteiger partial charge in [-0.1, -0.05) is 0 Å². The Morgan fingerprint density at radius 3 is 2.41 bits per heavy atom. The number of ether oxygens (including phenoxy) is 7. The predicted octanol–water partition coefficient (Wildman–Crippen LogP) is -0.496. The Balaban J connectivity index is 1.44. The second-order valence-corrected chi connectivity index (χ2v) is 9.81. The van der Waals surface area contributed by atoms with Gasteiger partial charge in [-0.3, -0.25) is 4.79 Å². The zero-order valence-corrected chi connectivity index (χ0v) is 21.1. The molecule has 37 heavy (non-hydrogen) atoms. The van der Waals surface area contributed by atoms with Crippen LogP contribution in [0.3, 0.4) is 0 Å². The second kappa shape index (κ2) is 11.0. The third-order valence-corrected chi connectivity index (χ3v) is 7.86. The summed E-state index contributed by atoms with van der Waals surface area (Å²) in [5, 5.41) is 32.4. The standard InChI is InChI=1S/C25H35NO11/c1-31-21-19(10-27)37-25(23(33-3)22(21)32-2)36-18-8-15(28)13-4-5-26(24(30)20(18)29)9-12-6-16-17(7-14(12)13)35-11-34-16/h6-7,13,15,18-23,25,27-29H,4-5,8-11H2,1-3H3/t13-,15?,18-,19-,20+,21-,22+,23-,25-/m1/s1. The molecule has 2 saturated heterocycles. The van der Waals surface area contributed by atoms with Crippen LogP contribution < -0.4 is 9.47 Å². The first kappa shape index (κ1) is 26.6. The third-order valence-electron chi connectivity index (χ3n) is 7.86. The first-order chi connectivity index (χ1) is 17.9. The summed E-state index contributed by atoms with van der Waals surface area (Å²) in [6.07, 6.45) is -7.10. The number of carbonyl (C=O) groups excluding carboxylic acids is 1. The van der Waals surface area contributed by atoms with Gasteiger partial charge in [0.2, 0.25) is 6.79 Å². The molecule has 4 heterocycles. The lowest BCUT2D eigenvalue weighted by Crippen LogP contribution is -2.62. The van der Waals surface area contributed by atoms with E-state index in [1.165, 1.54) is 21.3 Å². The van der Waals surface area contributed by atoms with Gasteiger partial charge in [-0.05, 0) is 29.7 Å². The molecule has 0 saturated carbocycles. The van der Waals surface area contributed by atoms with Crippen molar-refractivity contribution in [3.05, 3.63) is 23.3 Å². The van der Waals surface area contributed by atoms with Gasteiger partial charge >= 0.3 is 0 Å². The second-order valence-electron chi connectivity index (χ2n) is 9.81. The summed E-state index contributed by atoms with van der Waals surface area (Å²) in [5.41, 5.74) is 1.73. The van der Waals surface area contributed by atoms with Crippen molar-refractivity contribution in [3.8, 4) is 11.5 Å². The van der Waals surface area contributed by atoms with Gasteiger partial charge in [0.05, 0.1) is 18.8 Å². The van der Waals surface area contributed by atoms with Crippen LogP contribution in [0, 0.1) is 0 Å². The lowest BCUT2D eigenvalue weighted by atomic mass is 9.84. The molecule has 2 bridgehead atoms. The Kier molecular flexibility index (Phi) is 7.89. The van der Waals surface area contributed by atoms with Crippen molar-refractivity contribution in [3.63, 3.8) is 0 Å². The summed E-state index contributed by atoms with van der Waals surface area (Å²) in [4.78, 5) is 15.0. The van der Waals surface area contributed by atoms with Crippen LogP contribution in [0.15, 0.2) is 12.1 Å². The summed E-state index contributed by atoms with van der Waals surface area (Å²) in [6, 6.07) is 3.72. The van der Waals surface area contributed by atoms with Crippen molar-refractivity contribution in [1.29, 1.82) is 0 Å². The smallest absolute Gasteiger partial charge is 0.254 e. The Hall–Kier alpha value is -2.03. The number of nitrogens with zero attached hydrogens (tertiary/aromatic N) is 1. The van der Waals surface area contributed by atoms with Crippen molar-refractivity contribution < 1.29 is 53.3 Å². The number of carbonyl (C=O) groups is 1. The van der Waals surface area contributed by atoms with Gasteiger partial charge in [-0.25, -0.2) is 0 Å². The number of methoxy groups -OCH3 is 3. The first-order valence-corrected chi connectivity index (χ1v) is 12.5. The van der Waals surface area contributed by atoms with E-state index < -0.39 is 54.9 Å². The summed E-state index contributed by atoms with van der Waals surface area (Å²) in [6.45, 7) is 0.365. The minimum absolute atomic E-state index is 0.0370. The molecule has 0 aromatic heterocycles. The van der Waals surface area contributed by atoms with E-state index in [0.717, 1.165) is 11.1 Å². The Morgan fingerprint density at radius 2 is 1.73 bits per heavy atom. The number of aliphatic hydroxyl groups excluding tert-OH is 3. The van der Waals surface area contributed by atoms with Gasteiger partial charge in [0, 0.05) is 46.8 Å². The maximum absolute atomic E-state index is 13.5. The molecule has 4 aliphatic rings. The minimum Gasteiger partial charge on any atom is -0.454 e. The number of benzene rings is 1. The molecular formula is C25H35NO11. The van der Waals surface area contributed by atoms with E-state index in [4.69, 9.17) is 33.2 Å². The average Bonchev–Trinajstić information content (AvgIpc) is 3.29. The van der Waals surface area contributed by atoms with Crippen LogP contribution in [-0.2, 0) is 35.0 Å². The number of aliphatic hydroxyl groups is 3. The maximum atomic E-state index is 13.5. The van der Waals surface area contributed by atoms with Crippen LogP contribution in [0.1, 0.15) is 29.9 Å². The largest absolute Gasteiger partial charge is 0.454 e. The highest BCUT2D eigenvalue weighted by Crippen LogP contribution is 2.43. The first-order valence-electron chi connectivity index (χ1n) is 12.5. The van der Waals surface area contributed by atoms with Crippen LogP contribution >= 0.6 is 0 Å². The fraction of sp³-hybridized carbons (Fsp3) is 0.720. The number of fused-ring (bicyclic) bond motifs is 6. The molecule has 1 unspecified atom stereocenters. The highest BCUT2D eigenvalue weighted by atomic mass is 16.7. The number of hydrogen-bond donors (Lipinski definition) is 3.